The molecule has 132 valence electrons. The van der Waals surface area contributed by atoms with Crippen LogP contribution in [0.3, 0.4) is 0 Å². The molecule has 1 aliphatic rings. The lowest BCUT2D eigenvalue weighted by atomic mass is 9.89. The van der Waals surface area contributed by atoms with Gasteiger partial charge in [0.25, 0.3) is 0 Å². The first-order chi connectivity index (χ1) is 12.6. The Bertz CT molecular complexity index is 934. The van der Waals surface area contributed by atoms with E-state index < -0.39 is 0 Å². The van der Waals surface area contributed by atoms with Crippen LogP contribution in [0.2, 0.25) is 0 Å². The van der Waals surface area contributed by atoms with Gasteiger partial charge in [0.15, 0.2) is 0 Å². The molecule has 1 atom stereocenters. The van der Waals surface area contributed by atoms with Crippen LogP contribution < -0.4 is 10.1 Å². The molecular formula is C20H20N4O2. The van der Waals surface area contributed by atoms with Crippen molar-refractivity contribution in [2.75, 3.05) is 5.32 Å². The van der Waals surface area contributed by atoms with E-state index in [2.05, 4.69) is 15.3 Å². The predicted molar refractivity (Wildman–Crippen MR) is 98.7 cm³/mol. The topological polar surface area (TPSA) is 69.0 Å². The van der Waals surface area contributed by atoms with E-state index in [4.69, 9.17) is 4.74 Å². The monoisotopic (exact) mass is 348 g/mol. The zero-order valence-electron chi connectivity index (χ0n) is 14.7. The zero-order valence-corrected chi connectivity index (χ0v) is 14.7. The summed E-state index contributed by atoms with van der Waals surface area (Å²) in [5, 5.41) is 2.96. The SMILES string of the molecule is CC(C)Oc1ccccc1C1CC(=O)Nc2c1ncn2-c1cccnc1. The van der Waals surface area contributed by atoms with Gasteiger partial charge in [-0.3, -0.25) is 14.3 Å². The number of benzene rings is 1. The largest absolute Gasteiger partial charge is 0.491 e. The maximum Gasteiger partial charge on any atom is 0.226 e. The molecule has 0 radical (unpaired) electrons. The van der Waals surface area contributed by atoms with Gasteiger partial charge in [-0.1, -0.05) is 18.2 Å². The predicted octanol–water partition coefficient (Wildman–Crippen LogP) is 3.53. The minimum atomic E-state index is -0.147. The zero-order chi connectivity index (χ0) is 18.1. The Kier molecular flexibility index (Phi) is 4.16. The summed E-state index contributed by atoms with van der Waals surface area (Å²) in [6.07, 6.45) is 5.59. The number of nitrogens with one attached hydrogen (secondary N) is 1. The highest BCUT2D eigenvalue weighted by Crippen LogP contribution is 2.40. The number of carbonyl (C=O) groups excluding carboxylic acids is 1. The van der Waals surface area contributed by atoms with Crippen LogP contribution in [0, 0.1) is 0 Å². The molecule has 26 heavy (non-hydrogen) atoms. The highest BCUT2D eigenvalue weighted by Gasteiger charge is 2.32. The second-order valence-electron chi connectivity index (χ2n) is 6.57. The van der Waals surface area contributed by atoms with E-state index in [1.54, 1.807) is 18.7 Å². The van der Waals surface area contributed by atoms with E-state index in [0.29, 0.717) is 12.2 Å². The number of para-hydroxylation sites is 1. The fourth-order valence-electron chi connectivity index (χ4n) is 3.29. The molecule has 4 rings (SSSR count). The van der Waals surface area contributed by atoms with Crippen molar-refractivity contribution in [2.24, 2.45) is 0 Å². The van der Waals surface area contributed by atoms with Crippen molar-refractivity contribution in [3.63, 3.8) is 0 Å². The van der Waals surface area contributed by atoms with Crippen molar-refractivity contribution in [3.05, 3.63) is 66.4 Å². The molecule has 0 bridgehead atoms. The Hall–Kier alpha value is -3.15. The number of anilines is 1. The smallest absolute Gasteiger partial charge is 0.226 e. The summed E-state index contributed by atoms with van der Waals surface area (Å²) in [4.78, 5) is 21.2. The third kappa shape index (κ3) is 2.94. The van der Waals surface area contributed by atoms with Crippen LogP contribution in [-0.4, -0.2) is 26.5 Å². The first-order valence-corrected chi connectivity index (χ1v) is 8.66. The van der Waals surface area contributed by atoms with E-state index in [-0.39, 0.29) is 17.9 Å². The molecule has 1 unspecified atom stereocenters. The quantitative estimate of drug-likeness (QED) is 0.783. The second-order valence-corrected chi connectivity index (χ2v) is 6.57. The maximum absolute atomic E-state index is 12.4. The Labute approximate surface area is 151 Å². The van der Waals surface area contributed by atoms with Crippen LogP contribution in [0.25, 0.3) is 5.69 Å². The van der Waals surface area contributed by atoms with Crippen LogP contribution in [-0.2, 0) is 4.79 Å². The lowest BCUT2D eigenvalue weighted by Crippen LogP contribution is -2.25. The van der Waals surface area contributed by atoms with Crippen LogP contribution in [0.4, 0.5) is 5.82 Å². The lowest BCUT2D eigenvalue weighted by molar-refractivity contribution is -0.116. The molecule has 1 amide bonds. The summed E-state index contributed by atoms with van der Waals surface area (Å²) in [5.41, 5.74) is 2.68. The van der Waals surface area contributed by atoms with Crippen molar-refractivity contribution in [1.82, 2.24) is 14.5 Å². The third-order valence-corrected chi connectivity index (χ3v) is 4.35. The standard InChI is InChI=1S/C20H20N4O2/c1-13(2)26-17-8-4-3-7-15(17)16-10-18(25)23-20-19(16)22-12-24(20)14-6-5-9-21-11-14/h3-9,11-13,16H,10H2,1-2H3,(H,23,25). The van der Waals surface area contributed by atoms with Crippen molar-refractivity contribution in [1.29, 1.82) is 0 Å². The number of carbonyl (C=O) groups is 1. The van der Waals surface area contributed by atoms with E-state index in [1.807, 2.05) is 54.8 Å². The Morgan fingerprint density at radius 1 is 1.23 bits per heavy atom. The fourth-order valence-corrected chi connectivity index (χ4v) is 3.29. The van der Waals surface area contributed by atoms with Gasteiger partial charge in [0.2, 0.25) is 5.91 Å². The maximum atomic E-state index is 12.4. The fraction of sp³-hybridized carbons (Fsp3) is 0.250. The molecule has 6 heteroatoms. The number of aromatic nitrogens is 3. The number of ether oxygens (including phenoxy) is 1. The van der Waals surface area contributed by atoms with Crippen molar-refractivity contribution >= 4 is 11.7 Å². The average Bonchev–Trinajstić information content (AvgIpc) is 3.05. The molecule has 1 N–H and O–H groups in total. The summed E-state index contributed by atoms with van der Waals surface area (Å²) in [7, 11) is 0. The number of pyridine rings is 1. The van der Waals surface area contributed by atoms with Crippen molar-refractivity contribution in [3.8, 4) is 11.4 Å². The summed E-state index contributed by atoms with van der Waals surface area (Å²) in [6.45, 7) is 3.99. The molecule has 0 spiro atoms. The minimum Gasteiger partial charge on any atom is -0.491 e. The number of hydrogen-bond donors (Lipinski definition) is 1. The first kappa shape index (κ1) is 16.3. The number of imidazole rings is 1. The molecule has 6 nitrogen and oxygen atoms in total. The van der Waals surface area contributed by atoms with Gasteiger partial charge < -0.3 is 10.1 Å². The van der Waals surface area contributed by atoms with Crippen LogP contribution in [0.15, 0.2) is 55.1 Å². The molecular weight excluding hydrogens is 328 g/mol. The van der Waals surface area contributed by atoms with Crippen LogP contribution in [0.1, 0.15) is 37.4 Å². The van der Waals surface area contributed by atoms with Crippen LogP contribution >= 0.6 is 0 Å². The molecule has 2 aromatic heterocycles. The van der Waals surface area contributed by atoms with Crippen molar-refractivity contribution in [2.45, 2.75) is 32.3 Å². The summed E-state index contributed by atoms with van der Waals surface area (Å²) in [6, 6.07) is 11.6. The molecule has 3 heterocycles. The molecule has 0 fully saturated rings. The molecule has 3 aromatic rings. The Balaban J connectivity index is 1.80. The summed E-state index contributed by atoms with van der Waals surface area (Å²) in [5.74, 6) is 1.31. The molecule has 0 saturated heterocycles. The lowest BCUT2D eigenvalue weighted by Gasteiger charge is -2.25. The molecule has 1 aromatic carbocycles. The van der Waals surface area contributed by atoms with Gasteiger partial charge in [-0.25, -0.2) is 4.98 Å². The van der Waals surface area contributed by atoms with E-state index in [9.17, 15) is 4.79 Å². The van der Waals surface area contributed by atoms with E-state index >= 15 is 0 Å². The molecule has 1 aliphatic heterocycles. The van der Waals surface area contributed by atoms with Gasteiger partial charge in [-0.2, -0.15) is 0 Å². The normalized spacial score (nSPS) is 16.3. The van der Waals surface area contributed by atoms with Gasteiger partial charge in [-0.15, -0.1) is 0 Å². The van der Waals surface area contributed by atoms with E-state index in [1.165, 1.54) is 0 Å². The molecule has 0 saturated carbocycles. The van der Waals surface area contributed by atoms with Crippen molar-refractivity contribution < 1.29 is 9.53 Å². The first-order valence-electron chi connectivity index (χ1n) is 8.66. The third-order valence-electron chi connectivity index (χ3n) is 4.35. The van der Waals surface area contributed by atoms with Gasteiger partial charge in [0.1, 0.15) is 17.9 Å². The Morgan fingerprint density at radius 3 is 2.85 bits per heavy atom. The van der Waals surface area contributed by atoms with E-state index in [0.717, 1.165) is 22.7 Å². The van der Waals surface area contributed by atoms with Gasteiger partial charge in [-0.05, 0) is 32.0 Å². The van der Waals surface area contributed by atoms with Gasteiger partial charge >= 0.3 is 0 Å². The average molecular weight is 348 g/mol. The number of fused-ring (bicyclic) bond motifs is 1. The number of hydrogen-bond acceptors (Lipinski definition) is 4. The highest BCUT2D eigenvalue weighted by atomic mass is 16.5. The van der Waals surface area contributed by atoms with Gasteiger partial charge in [0.05, 0.1) is 23.7 Å². The highest BCUT2D eigenvalue weighted by molar-refractivity contribution is 5.94. The number of nitrogens with zero attached hydrogens (tertiary/aromatic N) is 3. The number of rotatable bonds is 4. The minimum absolute atomic E-state index is 0.0347. The molecule has 0 aliphatic carbocycles. The van der Waals surface area contributed by atoms with Crippen LogP contribution in [0.5, 0.6) is 5.75 Å². The Morgan fingerprint density at radius 2 is 2.08 bits per heavy atom. The summed E-state index contributed by atoms with van der Waals surface area (Å²) < 4.78 is 7.82. The van der Waals surface area contributed by atoms with Gasteiger partial charge in [0, 0.05) is 24.1 Å². The summed E-state index contributed by atoms with van der Waals surface area (Å²) >= 11 is 0. The number of amides is 1. The second kappa shape index (κ2) is 6.63.